The maximum atomic E-state index is 4.34. The molecule has 18 heavy (non-hydrogen) atoms. The van der Waals surface area contributed by atoms with Crippen LogP contribution in [0.5, 0.6) is 0 Å². The summed E-state index contributed by atoms with van der Waals surface area (Å²) in [6.45, 7) is 24.2. The normalized spacial score (nSPS) is 14.2. The summed E-state index contributed by atoms with van der Waals surface area (Å²) in [7, 11) is 0. The van der Waals surface area contributed by atoms with Gasteiger partial charge in [0, 0.05) is 5.71 Å². The van der Waals surface area contributed by atoms with Gasteiger partial charge in [-0.15, -0.1) is 6.42 Å². The molecule has 0 aromatic rings. The molecule has 0 heterocycles. The SMILES string of the molecule is C=C([CH2-])/C(=N\N=C(/C[CH2-])C(C)(C)C)C(C)(C)C.[W+2]. The Morgan fingerprint density at radius 1 is 1.00 bits per heavy atom. The molecule has 0 aliphatic heterocycles. The Morgan fingerprint density at radius 2 is 1.44 bits per heavy atom. The summed E-state index contributed by atoms with van der Waals surface area (Å²) in [5.41, 5.74) is 2.45. The monoisotopic (exact) mass is 418 g/mol. The van der Waals surface area contributed by atoms with Crippen LogP contribution < -0.4 is 0 Å². The first-order valence-electron chi connectivity index (χ1n) is 5.96. The third-order valence-electron chi connectivity index (χ3n) is 2.42. The van der Waals surface area contributed by atoms with Crippen LogP contribution in [-0.2, 0) is 21.1 Å². The van der Waals surface area contributed by atoms with Gasteiger partial charge in [0.2, 0.25) is 0 Å². The molecule has 0 rings (SSSR count). The Kier molecular flexibility index (Phi) is 8.08. The van der Waals surface area contributed by atoms with E-state index in [2.05, 4.69) is 72.2 Å². The molecule has 102 valence electrons. The smallest absolute Gasteiger partial charge is 0.338 e. The summed E-state index contributed by atoms with van der Waals surface area (Å²) in [6.07, 6.45) is 0.661. The Labute approximate surface area is 127 Å². The second-order valence-corrected chi connectivity index (χ2v) is 6.35. The predicted molar refractivity (Wildman–Crippen MR) is 78.3 cm³/mol. The van der Waals surface area contributed by atoms with E-state index < -0.39 is 0 Å². The van der Waals surface area contributed by atoms with Crippen molar-refractivity contribution in [3.63, 3.8) is 0 Å². The summed E-state index contributed by atoms with van der Waals surface area (Å²) in [6, 6.07) is 0. The molecular formula is C15H26N2W. The first kappa shape index (κ1) is 20.0. The van der Waals surface area contributed by atoms with Crippen LogP contribution in [0.25, 0.3) is 0 Å². The van der Waals surface area contributed by atoms with Gasteiger partial charge in [0.05, 0.1) is 0 Å². The van der Waals surface area contributed by atoms with Gasteiger partial charge in [-0.2, -0.15) is 24.2 Å². The van der Waals surface area contributed by atoms with Gasteiger partial charge < -0.3 is 6.92 Å². The molecule has 0 unspecified atom stereocenters. The van der Waals surface area contributed by atoms with Crippen molar-refractivity contribution < 1.29 is 21.1 Å². The van der Waals surface area contributed by atoms with Crippen molar-refractivity contribution in [2.45, 2.75) is 48.0 Å². The minimum atomic E-state index is -0.0908. The Balaban J connectivity index is 0. The standard InChI is InChI=1S/C15H26N2.W/c1-10-12(14(4,5)6)16-17-13(11(2)3)15(7,8)9;/h1-3,10H2,4-9H3;/q-2;+2/b16-12+,17-13+;. The van der Waals surface area contributed by atoms with Crippen LogP contribution in [0.3, 0.4) is 0 Å². The zero-order valence-corrected chi connectivity index (χ0v) is 15.6. The Hall–Kier alpha value is -0.362. The maximum Gasteiger partial charge on any atom is 2.00 e. The van der Waals surface area contributed by atoms with E-state index in [-0.39, 0.29) is 31.9 Å². The molecule has 0 atom stereocenters. The van der Waals surface area contributed by atoms with E-state index in [0.29, 0.717) is 6.42 Å². The summed E-state index contributed by atoms with van der Waals surface area (Å²) in [5, 5.41) is 8.68. The third kappa shape index (κ3) is 6.54. The van der Waals surface area contributed by atoms with E-state index in [1.165, 1.54) is 0 Å². The molecule has 0 spiro atoms. The Bertz CT molecular complexity index is 338. The first-order chi connectivity index (χ1) is 7.50. The number of allylic oxidation sites excluding steroid dienone is 1. The molecule has 0 aromatic carbocycles. The molecule has 0 aliphatic carbocycles. The molecule has 0 amide bonds. The van der Waals surface area contributed by atoms with Gasteiger partial charge in [0.1, 0.15) is 0 Å². The minimum Gasteiger partial charge on any atom is -0.338 e. The van der Waals surface area contributed by atoms with Crippen molar-refractivity contribution in [2.24, 2.45) is 21.0 Å². The van der Waals surface area contributed by atoms with Gasteiger partial charge in [-0.25, -0.2) is 5.10 Å². The quantitative estimate of drug-likeness (QED) is 0.367. The molecule has 0 bridgehead atoms. The van der Waals surface area contributed by atoms with Gasteiger partial charge in [-0.3, -0.25) is 0 Å². The van der Waals surface area contributed by atoms with Crippen LogP contribution in [0.4, 0.5) is 0 Å². The topological polar surface area (TPSA) is 24.7 Å². The molecule has 0 saturated carbocycles. The summed E-state index contributed by atoms with van der Waals surface area (Å²) >= 11 is 0. The van der Waals surface area contributed by atoms with E-state index >= 15 is 0 Å². The Morgan fingerprint density at radius 3 is 1.67 bits per heavy atom. The van der Waals surface area contributed by atoms with Crippen LogP contribution in [0, 0.1) is 24.7 Å². The van der Waals surface area contributed by atoms with E-state index in [1.807, 2.05) is 0 Å². The summed E-state index contributed by atoms with van der Waals surface area (Å²) < 4.78 is 0. The molecule has 0 saturated heterocycles. The number of hydrogen-bond acceptors (Lipinski definition) is 2. The predicted octanol–water partition coefficient (Wildman–Crippen LogP) is 4.49. The fourth-order valence-corrected chi connectivity index (χ4v) is 1.44. The molecule has 0 radical (unpaired) electrons. The van der Waals surface area contributed by atoms with Gasteiger partial charge in [-0.1, -0.05) is 41.5 Å². The van der Waals surface area contributed by atoms with Crippen molar-refractivity contribution in [3.05, 3.63) is 26.0 Å². The molecule has 0 aromatic heterocycles. The van der Waals surface area contributed by atoms with Crippen LogP contribution in [0.1, 0.15) is 48.0 Å². The zero-order chi connectivity index (χ0) is 13.9. The van der Waals surface area contributed by atoms with Crippen LogP contribution in [-0.4, -0.2) is 11.4 Å². The molecule has 3 heteroatoms. The van der Waals surface area contributed by atoms with E-state index in [9.17, 15) is 0 Å². The fraction of sp³-hybridized carbons (Fsp3) is 0.600. The van der Waals surface area contributed by atoms with Gasteiger partial charge in [0.25, 0.3) is 0 Å². The average molecular weight is 418 g/mol. The van der Waals surface area contributed by atoms with E-state index in [1.54, 1.807) is 0 Å². The first-order valence-corrected chi connectivity index (χ1v) is 5.96. The second kappa shape index (κ2) is 7.28. The number of hydrogen-bond donors (Lipinski definition) is 0. The number of nitrogens with zero attached hydrogens (tertiary/aromatic N) is 2. The maximum absolute atomic E-state index is 4.34. The molecular weight excluding hydrogens is 392 g/mol. The molecule has 2 nitrogen and oxygen atoms in total. The van der Waals surface area contributed by atoms with Crippen molar-refractivity contribution in [1.82, 2.24) is 0 Å². The second-order valence-electron chi connectivity index (χ2n) is 6.35. The minimum absolute atomic E-state index is 0. The van der Waals surface area contributed by atoms with Crippen LogP contribution >= 0.6 is 0 Å². The van der Waals surface area contributed by atoms with Gasteiger partial charge in [-0.05, 0) is 16.5 Å². The third-order valence-corrected chi connectivity index (χ3v) is 2.42. The molecule has 0 aliphatic rings. The fourth-order valence-electron chi connectivity index (χ4n) is 1.44. The summed E-state index contributed by atoms with van der Waals surface area (Å²) in [5.74, 6) is 0. The van der Waals surface area contributed by atoms with E-state index in [4.69, 9.17) is 0 Å². The zero-order valence-electron chi connectivity index (χ0n) is 12.6. The van der Waals surface area contributed by atoms with E-state index in [0.717, 1.165) is 17.0 Å². The van der Waals surface area contributed by atoms with Crippen molar-refractivity contribution in [1.29, 1.82) is 0 Å². The van der Waals surface area contributed by atoms with Gasteiger partial charge >= 0.3 is 21.1 Å². The van der Waals surface area contributed by atoms with Crippen LogP contribution in [0.2, 0.25) is 0 Å². The number of rotatable bonds is 3. The largest absolute Gasteiger partial charge is 2.00 e. The van der Waals surface area contributed by atoms with Crippen molar-refractivity contribution in [2.75, 3.05) is 0 Å². The summed E-state index contributed by atoms with van der Waals surface area (Å²) in [4.78, 5) is 0. The van der Waals surface area contributed by atoms with Crippen molar-refractivity contribution in [3.8, 4) is 0 Å². The van der Waals surface area contributed by atoms with Gasteiger partial charge in [0.15, 0.2) is 0 Å². The molecule has 0 N–H and O–H groups in total. The van der Waals surface area contributed by atoms with Crippen LogP contribution in [0.15, 0.2) is 22.4 Å². The van der Waals surface area contributed by atoms with Crippen molar-refractivity contribution >= 4 is 11.4 Å². The average Bonchev–Trinajstić information content (AvgIpc) is 2.06. The molecule has 0 fully saturated rings.